The number of amides is 2. The summed E-state index contributed by atoms with van der Waals surface area (Å²) < 4.78 is 6.74. The van der Waals surface area contributed by atoms with Gasteiger partial charge in [-0.05, 0) is 68.7 Å². The molecule has 5 nitrogen and oxygen atoms in total. The molecule has 0 saturated carbocycles. The van der Waals surface area contributed by atoms with Crippen molar-refractivity contribution < 1.29 is 14.3 Å². The molecule has 208 valence electrons. The molecule has 3 rings (SSSR count). The van der Waals surface area contributed by atoms with Crippen molar-refractivity contribution in [3.8, 4) is 5.75 Å². The highest BCUT2D eigenvalue weighted by atomic mass is 79.9. The van der Waals surface area contributed by atoms with E-state index in [0.29, 0.717) is 28.8 Å². The maximum absolute atomic E-state index is 13.8. The molecule has 0 aliphatic carbocycles. The SMILES string of the molecule is CCCNC(=O)C(Cc1ccccc1)N(Cc1ccc(Cl)c(Cl)c1)C(=O)COc1ccc(C(C)(C)C)cc1Br. The van der Waals surface area contributed by atoms with Gasteiger partial charge in [0, 0.05) is 19.5 Å². The number of carbonyl (C=O) groups excluding carboxylic acids is 2. The molecule has 1 atom stereocenters. The second-order valence-electron chi connectivity index (χ2n) is 10.5. The predicted molar refractivity (Wildman–Crippen MR) is 163 cm³/mol. The third-order valence-electron chi connectivity index (χ3n) is 6.31. The van der Waals surface area contributed by atoms with E-state index in [1.54, 1.807) is 23.1 Å². The van der Waals surface area contributed by atoms with Crippen molar-refractivity contribution in [2.45, 2.75) is 58.5 Å². The summed E-state index contributed by atoms with van der Waals surface area (Å²) in [4.78, 5) is 28.8. The van der Waals surface area contributed by atoms with Crippen LogP contribution in [0.2, 0.25) is 10.0 Å². The zero-order valence-electron chi connectivity index (χ0n) is 22.8. The zero-order valence-corrected chi connectivity index (χ0v) is 25.9. The Morgan fingerprint density at radius 2 is 1.69 bits per heavy atom. The van der Waals surface area contributed by atoms with Gasteiger partial charge in [-0.15, -0.1) is 0 Å². The maximum atomic E-state index is 13.8. The number of halogens is 3. The maximum Gasteiger partial charge on any atom is 0.261 e. The number of nitrogens with one attached hydrogen (secondary N) is 1. The van der Waals surface area contributed by atoms with Gasteiger partial charge < -0.3 is 15.0 Å². The molecule has 8 heteroatoms. The molecular weight excluding hydrogens is 599 g/mol. The molecule has 2 amide bonds. The Morgan fingerprint density at radius 3 is 2.31 bits per heavy atom. The molecule has 0 radical (unpaired) electrons. The molecule has 0 saturated heterocycles. The van der Waals surface area contributed by atoms with Gasteiger partial charge in [0.2, 0.25) is 5.91 Å². The van der Waals surface area contributed by atoms with E-state index >= 15 is 0 Å². The van der Waals surface area contributed by atoms with Crippen LogP contribution in [0.4, 0.5) is 0 Å². The van der Waals surface area contributed by atoms with Gasteiger partial charge >= 0.3 is 0 Å². The number of hydrogen-bond donors (Lipinski definition) is 1. The molecule has 0 aromatic heterocycles. The van der Waals surface area contributed by atoms with Gasteiger partial charge in [-0.3, -0.25) is 9.59 Å². The first-order valence-electron chi connectivity index (χ1n) is 13.0. The monoisotopic (exact) mass is 632 g/mol. The van der Waals surface area contributed by atoms with E-state index in [-0.39, 0.29) is 30.4 Å². The molecule has 3 aromatic rings. The van der Waals surface area contributed by atoms with Crippen molar-refractivity contribution >= 4 is 50.9 Å². The lowest BCUT2D eigenvalue weighted by Gasteiger charge is -2.31. The van der Waals surface area contributed by atoms with Crippen LogP contribution in [0.3, 0.4) is 0 Å². The lowest BCUT2D eigenvalue weighted by atomic mass is 9.87. The molecule has 0 fully saturated rings. The Bertz CT molecular complexity index is 1280. The van der Waals surface area contributed by atoms with E-state index in [4.69, 9.17) is 27.9 Å². The molecule has 0 spiro atoms. The highest BCUT2D eigenvalue weighted by Gasteiger charge is 2.31. The second kappa shape index (κ2) is 14.2. The van der Waals surface area contributed by atoms with E-state index in [2.05, 4.69) is 42.0 Å². The van der Waals surface area contributed by atoms with Gasteiger partial charge in [-0.25, -0.2) is 0 Å². The Kier molecular flexibility index (Phi) is 11.3. The van der Waals surface area contributed by atoms with Crippen LogP contribution >= 0.6 is 39.1 Å². The molecule has 1 unspecified atom stereocenters. The second-order valence-corrected chi connectivity index (χ2v) is 12.1. The summed E-state index contributed by atoms with van der Waals surface area (Å²) in [6.07, 6.45) is 1.14. The smallest absolute Gasteiger partial charge is 0.261 e. The van der Waals surface area contributed by atoms with Gasteiger partial charge in [0.1, 0.15) is 11.8 Å². The van der Waals surface area contributed by atoms with Gasteiger partial charge in [0.15, 0.2) is 6.61 Å². The van der Waals surface area contributed by atoms with Crippen LogP contribution in [0.25, 0.3) is 0 Å². The van der Waals surface area contributed by atoms with E-state index in [1.165, 1.54) is 0 Å². The minimum atomic E-state index is -0.754. The number of rotatable bonds is 11. The average Bonchev–Trinajstić information content (AvgIpc) is 2.90. The first-order chi connectivity index (χ1) is 18.5. The largest absolute Gasteiger partial charge is 0.483 e. The van der Waals surface area contributed by atoms with Crippen molar-refractivity contribution in [1.29, 1.82) is 0 Å². The van der Waals surface area contributed by atoms with Crippen LogP contribution < -0.4 is 10.1 Å². The summed E-state index contributed by atoms with van der Waals surface area (Å²) in [6.45, 7) is 8.84. The Labute approximate surface area is 250 Å². The Hall–Kier alpha value is -2.54. The zero-order chi connectivity index (χ0) is 28.6. The van der Waals surface area contributed by atoms with Crippen molar-refractivity contribution in [2.24, 2.45) is 0 Å². The molecule has 39 heavy (non-hydrogen) atoms. The molecule has 0 bridgehead atoms. The van der Waals surface area contributed by atoms with Crippen LogP contribution in [0.1, 0.15) is 50.8 Å². The van der Waals surface area contributed by atoms with Gasteiger partial charge in [0.05, 0.1) is 14.5 Å². The van der Waals surface area contributed by atoms with E-state index < -0.39 is 6.04 Å². The number of benzene rings is 3. The van der Waals surface area contributed by atoms with Gasteiger partial charge in [0.25, 0.3) is 5.91 Å². The average molecular weight is 634 g/mol. The third-order valence-corrected chi connectivity index (χ3v) is 7.67. The minimum absolute atomic E-state index is 0.0238. The Balaban J connectivity index is 1.92. The molecule has 3 aromatic carbocycles. The topological polar surface area (TPSA) is 58.6 Å². The van der Waals surface area contributed by atoms with Crippen molar-refractivity contribution in [3.05, 3.63) is 97.9 Å². The number of nitrogens with zero attached hydrogens (tertiary/aromatic N) is 1. The summed E-state index contributed by atoms with van der Waals surface area (Å²) in [6, 6.07) is 20.0. The van der Waals surface area contributed by atoms with Crippen LogP contribution in [0.5, 0.6) is 5.75 Å². The minimum Gasteiger partial charge on any atom is -0.483 e. The fraction of sp³-hybridized carbons (Fsp3) is 0.355. The fourth-order valence-corrected chi connectivity index (χ4v) is 4.88. The van der Waals surface area contributed by atoms with Gasteiger partial charge in [-0.2, -0.15) is 0 Å². The first kappa shape index (κ1) is 31.0. The van der Waals surface area contributed by atoms with Crippen LogP contribution in [-0.2, 0) is 28.0 Å². The lowest BCUT2D eigenvalue weighted by molar-refractivity contribution is -0.142. The summed E-state index contributed by atoms with van der Waals surface area (Å²) in [5, 5.41) is 3.78. The standard InChI is InChI=1S/C31H35BrCl2N2O3/c1-5-15-35-30(38)27(17-21-9-7-6-8-10-21)36(19-22-11-13-25(33)26(34)16-22)29(37)20-39-28-14-12-23(18-24(28)32)31(2,3)4/h6-14,16,18,27H,5,15,17,19-20H2,1-4H3,(H,35,38). The summed E-state index contributed by atoms with van der Waals surface area (Å²) in [5.41, 5.74) is 2.83. The predicted octanol–water partition coefficient (Wildman–Crippen LogP) is 7.60. The lowest BCUT2D eigenvalue weighted by Crippen LogP contribution is -2.51. The van der Waals surface area contributed by atoms with E-state index in [1.807, 2.05) is 55.5 Å². The summed E-state index contributed by atoms with van der Waals surface area (Å²) in [5.74, 6) is 0.0196. The molecule has 0 aliphatic heterocycles. The normalized spacial score (nSPS) is 12.1. The van der Waals surface area contributed by atoms with Gasteiger partial charge in [-0.1, -0.05) is 93.4 Å². The van der Waals surface area contributed by atoms with Crippen LogP contribution in [-0.4, -0.2) is 35.9 Å². The molecular formula is C31H35BrCl2N2O3. The van der Waals surface area contributed by atoms with Crippen molar-refractivity contribution in [1.82, 2.24) is 10.2 Å². The molecule has 1 N–H and O–H groups in total. The van der Waals surface area contributed by atoms with Crippen LogP contribution in [0, 0.1) is 0 Å². The third kappa shape index (κ3) is 8.99. The highest BCUT2D eigenvalue weighted by Crippen LogP contribution is 2.32. The van der Waals surface area contributed by atoms with E-state index in [0.717, 1.165) is 27.6 Å². The van der Waals surface area contributed by atoms with E-state index in [9.17, 15) is 9.59 Å². The molecule has 0 heterocycles. The fourth-order valence-electron chi connectivity index (χ4n) is 4.06. The Morgan fingerprint density at radius 1 is 0.974 bits per heavy atom. The summed E-state index contributed by atoms with van der Waals surface area (Å²) >= 11 is 16.0. The quantitative estimate of drug-likeness (QED) is 0.237. The number of ether oxygens (including phenoxy) is 1. The van der Waals surface area contributed by atoms with Crippen molar-refractivity contribution in [3.63, 3.8) is 0 Å². The van der Waals surface area contributed by atoms with Crippen LogP contribution in [0.15, 0.2) is 71.2 Å². The van der Waals surface area contributed by atoms with Crippen molar-refractivity contribution in [2.75, 3.05) is 13.2 Å². The number of hydrogen-bond acceptors (Lipinski definition) is 3. The molecule has 0 aliphatic rings. The highest BCUT2D eigenvalue weighted by molar-refractivity contribution is 9.10. The summed E-state index contributed by atoms with van der Waals surface area (Å²) in [7, 11) is 0. The number of carbonyl (C=O) groups is 2. The first-order valence-corrected chi connectivity index (χ1v) is 14.5.